The summed E-state index contributed by atoms with van der Waals surface area (Å²) in [6.45, 7) is 8.05. The molecule has 3 aliphatic rings. The summed E-state index contributed by atoms with van der Waals surface area (Å²) in [6, 6.07) is -1.13. The van der Waals surface area contributed by atoms with Gasteiger partial charge in [0.15, 0.2) is 67.6 Å². The second-order valence-electron chi connectivity index (χ2n) is 15.1. The van der Waals surface area contributed by atoms with Gasteiger partial charge in [-0.15, -0.1) is 0 Å². The van der Waals surface area contributed by atoms with E-state index in [0.29, 0.717) is 0 Å². The van der Waals surface area contributed by atoms with Crippen molar-refractivity contribution in [1.82, 2.24) is 10.6 Å². The van der Waals surface area contributed by atoms with Crippen LogP contribution in [0.25, 0.3) is 0 Å². The Kier molecular flexibility index (Phi) is 21.3. The maximum atomic E-state index is 13.8. The lowest BCUT2D eigenvalue weighted by Gasteiger charge is -2.48. The fourth-order valence-electron chi connectivity index (χ4n) is 7.21. The van der Waals surface area contributed by atoms with Crippen LogP contribution < -0.4 is 10.6 Å². The summed E-state index contributed by atoms with van der Waals surface area (Å²) < 4.78 is 83.6. The van der Waals surface area contributed by atoms with Gasteiger partial charge >= 0.3 is 65.7 Å². The predicted octanol–water partition coefficient (Wildman–Crippen LogP) is -1.93. The number of carbonyl (C=O) groups is 11. The van der Waals surface area contributed by atoms with Gasteiger partial charge in [0.2, 0.25) is 0 Å². The molecule has 0 unspecified atom stereocenters. The van der Waals surface area contributed by atoms with Crippen molar-refractivity contribution in [1.29, 1.82) is 0 Å². The summed E-state index contributed by atoms with van der Waals surface area (Å²) in [5, 5.41) is 4.84. The maximum absolute atomic E-state index is 13.8. The minimum atomic E-state index is -1.96. The molecular weight excluding hydrogens is 924 g/mol. The average molecular weight is 981 g/mol. The van der Waals surface area contributed by atoms with E-state index < -0.39 is 178 Å². The summed E-state index contributed by atoms with van der Waals surface area (Å²) in [5.74, 6) is -9.28. The van der Waals surface area contributed by atoms with E-state index in [1.54, 1.807) is 0 Å². The van der Waals surface area contributed by atoms with Crippen molar-refractivity contribution < 1.29 is 124 Å². The Hall–Kier alpha value is -6.23. The number of urea groups is 1. The molecule has 3 heterocycles. The summed E-state index contributed by atoms with van der Waals surface area (Å²) >= 11 is 0. The molecule has 0 aromatic carbocycles. The Morgan fingerprint density at radius 2 is 0.721 bits per heavy atom. The first kappa shape index (κ1) is 56.1. The van der Waals surface area contributed by atoms with Crippen LogP contribution in [0.5, 0.6) is 0 Å². The number of hydrogen-bond donors (Lipinski definition) is 2. The van der Waals surface area contributed by atoms with Crippen molar-refractivity contribution in [3.63, 3.8) is 0 Å². The minimum absolute atomic E-state index is 0.571. The zero-order valence-corrected chi connectivity index (χ0v) is 38.9. The average Bonchev–Trinajstić information content (AvgIpc) is 3.20. The van der Waals surface area contributed by atoms with Crippen LogP contribution in [0.3, 0.4) is 0 Å². The molecule has 2 N–H and O–H groups in total. The van der Waals surface area contributed by atoms with Crippen LogP contribution in [-0.2, 0) is 119 Å². The molecule has 3 aliphatic heterocycles. The van der Waals surface area contributed by atoms with E-state index >= 15 is 0 Å². The Labute approximate surface area is 388 Å². The third kappa shape index (κ3) is 16.8. The van der Waals surface area contributed by atoms with Gasteiger partial charge < -0.3 is 81.7 Å². The van der Waals surface area contributed by atoms with E-state index in [0.717, 1.165) is 69.2 Å². The zero-order chi connectivity index (χ0) is 51.2. The number of methoxy groups -OCH3 is 1. The molecule has 0 saturated carbocycles. The molecule has 0 spiro atoms. The first-order chi connectivity index (χ1) is 31.8. The molecule has 2 amide bonds. The molecule has 28 nitrogen and oxygen atoms in total. The SMILES string of the molecule is CO[C@H]1O[C@H](CNC(=O)N[C@@H]2O[C@H](COC(C)=O)[C@@H](O[C@@H]3O[C@H](COC(C)=O)[C@@H](OC(C)=O)[C@H](OC(C)=O)[C@H]3OC(C)=O)[C@H](OC(C)=O)[C@H]2OC(C)=O)[C@@H](OC(C)=O)[C@H](OC(C)=O)[C@H]1OC(C)=O. The molecule has 28 heteroatoms. The highest BCUT2D eigenvalue weighted by Gasteiger charge is 2.58. The number of nitrogens with one attached hydrogen (secondary N) is 2. The van der Waals surface area contributed by atoms with Crippen LogP contribution in [-0.4, -0.2) is 185 Å². The van der Waals surface area contributed by atoms with E-state index in [-0.39, 0.29) is 0 Å². The zero-order valence-electron chi connectivity index (χ0n) is 38.9. The van der Waals surface area contributed by atoms with Gasteiger partial charge in [-0.3, -0.25) is 47.9 Å². The fraction of sp³-hybridized carbons (Fsp3) is 0.725. The van der Waals surface area contributed by atoms with E-state index in [1.165, 1.54) is 7.11 Å². The number of ether oxygens (including phenoxy) is 15. The minimum Gasteiger partial charge on any atom is -0.463 e. The van der Waals surface area contributed by atoms with Crippen molar-refractivity contribution in [2.75, 3.05) is 26.9 Å². The largest absolute Gasteiger partial charge is 0.463 e. The lowest BCUT2D eigenvalue weighted by Crippen LogP contribution is -2.69. The van der Waals surface area contributed by atoms with E-state index in [1.807, 2.05) is 0 Å². The molecule has 15 atom stereocenters. The van der Waals surface area contributed by atoms with Crippen LogP contribution in [0.15, 0.2) is 0 Å². The van der Waals surface area contributed by atoms with Gasteiger partial charge in [0.25, 0.3) is 0 Å². The van der Waals surface area contributed by atoms with Crippen LogP contribution in [0.2, 0.25) is 0 Å². The fourth-order valence-corrected chi connectivity index (χ4v) is 7.21. The molecule has 0 aromatic rings. The first-order valence-corrected chi connectivity index (χ1v) is 20.6. The molecule has 0 radical (unpaired) electrons. The Balaban J connectivity index is 2.09. The number of esters is 10. The number of hydrogen-bond acceptors (Lipinski definition) is 26. The predicted molar refractivity (Wildman–Crippen MR) is 212 cm³/mol. The Morgan fingerprint density at radius 1 is 0.382 bits per heavy atom. The third-order valence-electron chi connectivity index (χ3n) is 9.40. The third-order valence-corrected chi connectivity index (χ3v) is 9.40. The Morgan fingerprint density at radius 3 is 1.13 bits per heavy atom. The topological polar surface area (TPSA) is 350 Å². The summed E-state index contributed by atoms with van der Waals surface area (Å²) in [5.41, 5.74) is 0. The monoisotopic (exact) mass is 980 g/mol. The van der Waals surface area contributed by atoms with Gasteiger partial charge in [-0.1, -0.05) is 0 Å². The molecule has 0 aromatic heterocycles. The molecule has 3 rings (SSSR count). The number of rotatable bonds is 18. The maximum Gasteiger partial charge on any atom is 0.317 e. The quantitative estimate of drug-likeness (QED) is 0.112. The van der Waals surface area contributed by atoms with Crippen molar-refractivity contribution in [3.8, 4) is 0 Å². The highest BCUT2D eigenvalue weighted by atomic mass is 16.8. The van der Waals surface area contributed by atoms with Crippen LogP contribution >= 0.6 is 0 Å². The van der Waals surface area contributed by atoms with Crippen molar-refractivity contribution >= 4 is 65.7 Å². The lowest BCUT2D eigenvalue weighted by atomic mass is 9.95. The van der Waals surface area contributed by atoms with E-state index in [2.05, 4.69) is 10.6 Å². The van der Waals surface area contributed by atoms with Crippen molar-refractivity contribution in [2.45, 2.75) is 161 Å². The highest BCUT2D eigenvalue weighted by molar-refractivity contribution is 5.75. The smallest absolute Gasteiger partial charge is 0.317 e. The summed E-state index contributed by atoms with van der Waals surface area (Å²) in [4.78, 5) is 137. The molecule has 0 aliphatic carbocycles. The van der Waals surface area contributed by atoms with Gasteiger partial charge in [-0.25, -0.2) is 4.79 Å². The molecule has 0 bridgehead atoms. The molecule has 3 fully saturated rings. The van der Waals surface area contributed by atoms with Gasteiger partial charge in [-0.05, 0) is 0 Å². The second-order valence-corrected chi connectivity index (χ2v) is 15.1. The van der Waals surface area contributed by atoms with Crippen molar-refractivity contribution in [2.24, 2.45) is 0 Å². The highest BCUT2D eigenvalue weighted by Crippen LogP contribution is 2.35. The standard InChI is InChI=1S/C40H56N2O26/c1-15(43)55-13-26-30(68-39-36(64-24(10)52)33(61-21(7)49)29(58-18(4)46)27(67-39)14-56-16(2)44)31(59-19(5)47)34(62-22(8)50)37(65-26)42-40(53)41-12-25-28(57-17(3)45)32(60-20(6)48)35(63-23(9)51)38(54-11)66-25/h25-39H,12-14H2,1-11H3,(H2,41,42,53)/t25-,26-,27-,28-,29-,30-,31+,32+,33+,34-,35-,36-,37-,38+,39+/m1/s1. The van der Waals surface area contributed by atoms with Gasteiger partial charge in [-0.2, -0.15) is 0 Å². The number of amides is 2. The Bertz CT molecular complexity index is 1880. The normalized spacial score (nSPS) is 30.9. The van der Waals surface area contributed by atoms with Crippen LogP contribution in [0.1, 0.15) is 69.2 Å². The van der Waals surface area contributed by atoms with Gasteiger partial charge in [0, 0.05) is 82.9 Å². The van der Waals surface area contributed by atoms with Gasteiger partial charge in [0.05, 0.1) is 0 Å². The molecule has 68 heavy (non-hydrogen) atoms. The van der Waals surface area contributed by atoms with Crippen LogP contribution in [0.4, 0.5) is 4.79 Å². The lowest BCUT2D eigenvalue weighted by molar-refractivity contribution is -0.345. The van der Waals surface area contributed by atoms with Crippen molar-refractivity contribution in [3.05, 3.63) is 0 Å². The first-order valence-electron chi connectivity index (χ1n) is 20.6. The van der Waals surface area contributed by atoms with E-state index in [9.17, 15) is 52.7 Å². The molecule has 3 saturated heterocycles. The summed E-state index contributed by atoms with van der Waals surface area (Å²) in [6.07, 6.45) is -25.0. The summed E-state index contributed by atoms with van der Waals surface area (Å²) in [7, 11) is 1.17. The van der Waals surface area contributed by atoms with Crippen LogP contribution in [0, 0.1) is 0 Å². The molecule has 382 valence electrons. The molecular formula is C40H56N2O26. The van der Waals surface area contributed by atoms with Gasteiger partial charge in [0.1, 0.15) is 37.6 Å². The number of carbonyl (C=O) groups excluding carboxylic acids is 11. The van der Waals surface area contributed by atoms with E-state index in [4.69, 9.17) is 71.1 Å². The second kappa shape index (κ2) is 25.8.